The zero-order chi connectivity index (χ0) is 12.1. The molecule has 1 N–H and O–H groups in total. The minimum Gasteiger partial charge on any atom is -0.313 e. The Morgan fingerprint density at radius 1 is 1.00 bits per heavy atom. The molecule has 0 spiro atoms. The number of nitrogens with one attached hydrogen (secondary N) is 1. The first kappa shape index (κ1) is 16.0. The number of unbranched alkanes of at least 4 members (excludes halogenated alkanes) is 7. The summed E-state index contributed by atoms with van der Waals surface area (Å²) >= 11 is 5.57. The Labute approximate surface area is 107 Å². The van der Waals surface area contributed by atoms with Crippen molar-refractivity contribution in [3.8, 4) is 0 Å². The summed E-state index contributed by atoms with van der Waals surface area (Å²) in [5.41, 5.74) is 2.86. The van der Waals surface area contributed by atoms with Crippen LogP contribution in [0.1, 0.15) is 65.2 Å². The Morgan fingerprint density at radius 3 is 2.12 bits per heavy atom. The van der Waals surface area contributed by atoms with Gasteiger partial charge in [-0.25, -0.2) is 0 Å². The standard InChI is InChI=1S/C14H28ClN/c1-3-4-5-6-7-8-9-10-11-16-13-14(2)12-15/h12,16H,3-11,13H2,1-2H3. The van der Waals surface area contributed by atoms with Crippen molar-refractivity contribution in [1.29, 1.82) is 0 Å². The van der Waals surface area contributed by atoms with Crippen molar-refractivity contribution in [2.24, 2.45) is 0 Å². The van der Waals surface area contributed by atoms with Gasteiger partial charge in [-0.15, -0.1) is 0 Å². The van der Waals surface area contributed by atoms with Crippen LogP contribution in [0.5, 0.6) is 0 Å². The summed E-state index contributed by atoms with van der Waals surface area (Å²) in [7, 11) is 0. The average Bonchev–Trinajstić information content (AvgIpc) is 2.31. The Bertz CT molecular complexity index is 166. The van der Waals surface area contributed by atoms with Gasteiger partial charge in [-0.05, 0) is 25.5 Å². The van der Waals surface area contributed by atoms with Crippen LogP contribution in [0.4, 0.5) is 0 Å². The summed E-state index contributed by atoms with van der Waals surface area (Å²) < 4.78 is 0. The molecule has 0 saturated heterocycles. The monoisotopic (exact) mass is 245 g/mol. The van der Waals surface area contributed by atoms with E-state index in [2.05, 4.69) is 12.2 Å². The molecule has 0 aromatic rings. The summed E-state index contributed by atoms with van der Waals surface area (Å²) in [6.45, 7) is 6.37. The lowest BCUT2D eigenvalue weighted by Crippen LogP contribution is -2.17. The van der Waals surface area contributed by atoms with Gasteiger partial charge < -0.3 is 5.32 Å². The highest BCUT2D eigenvalue weighted by atomic mass is 35.5. The van der Waals surface area contributed by atoms with Crippen LogP contribution >= 0.6 is 11.6 Å². The fourth-order valence-electron chi connectivity index (χ4n) is 1.71. The fourth-order valence-corrected chi connectivity index (χ4v) is 1.79. The molecule has 0 rings (SSSR count). The van der Waals surface area contributed by atoms with E-state index in [1.165, 1.54) is 56.9 Å². The highest BCUT2D eigenvalue weighted by molar-refractivity contribution is 6.25. The normalized spacial score (nSPS) is 12.1. The zero-order valence-electron chi connectivity index (χ0n) is 11.0. The molecule has 1 nitrogen and oxygen atoms in total. The first-order chi connectivity index (χ1) is 7.81. The molecule has 0 aliphatic heterocycles. The zero-order valence-corrected chi connectivity index (χ0v) is 11.8. The lowest BCUT2D eigenvalue weighted by molar-refractivity contribution is 0.561. The molecule has 0 bridgehead atoms. The predicted molar refractivity (Wildman–Crippen MR) is 75.1 cm³/mol. The highest BCUT2D eigenvalue weighted by Gasteiger charge is 1.92. The highest BCUT2D eigenvalue weighted by Crippen LogP contribution is 2.07. The Morgan fingerprint density at radius 2 is 1.56 bits per heavy atom. The number of hydrogen-bond donors (Lipinski definition) is 1. The van der Waals surface area contributed by atoms with E-state index in [1.807, 2.05) is 6.92 Å². The Kier molecular flexibility index (Phi) is 13.0. The fraction of sp³-hybridized carbons (Fsp3) is 0.857. The summed E-state index contributed by atoms with van der Waals surface area (Å²) in [5, 5.41) is 3.39. The van der Waals surface area contributed by atoms with Gasteiger partial charge in [0.15, 0.2) is 0 Å². The maximum absolute atomic E-state index is 5.57. The minimum absolute atomic E-state index is 0.931. The molecule has 0 aliphatic carbocycles. The molecule has 0 aliphatic rings. The van der Waals surface area contributed by atoms with Crippen molar-refractivity contribution in [3.05, 3.63) is 11.1 Å². The van der Waals surface area contributed by atoms with Crippen LogP contribution in [-0.4, -0.2) is 13.1 Å². The van der Waals surface area contributed by atoms with E-state index in [0.717, 1.165) is 13.1 Å². The van der Waals surface area contributed by atoms with Crippen LogP contribution < -0.4 is 5.32 Å². The Balaban J connectivity index is 2.99. The van der Waals surface area contributed by atoms with Gasteiger partial charge in [-0.3, -0.25) is 0 Å². The second-order valence-electron chi connectivity index (χ2n) is 4.61. The van der Waals surface area contributed by atoms with Crippen LogP contribution in [0.25, 0.3) is 0 Å². The molecule has 0 fully saturated rings. The van der Waals surface area contributed by atoms with Gasteiger partial charge in [0.2, 0.25) is 0 Å². The molecule has 0 saturated carbocycles. The molecule has 0 radical (unpaired) electrons. The van der Waals surface area contributed by atoms with E-state index < -0.39 is 0 Å². The average molecular weight is 246 g/mol. The lowest BCUT2D eigenvalue weighted by atomic mass is 10.1. The van der Waals surface area contributed by atoms with Crippen LogP contribution in [-0.2, 0) is 0 Å². The second-order valence-corrected chi connectivity index (χ2v) is 4.83. The van der Waals surface area contributed by atoms with Gasteiger partial charge in [-0.2, -0.15) is 0 Å². The number of rotatable bonds is 11. The summed E-state index contributed by atoms with van der Waals surface area (Å²) in [6.07, 6.45) is 11.1. The van der Waals surface area contributed by atoms with Gasteiger partial charge in [-0.1, -0.05) is 63.5 Å². The van der Waals surface area contributed by atoms with E-state index in [-0.39, 0.29) is 0 Å². The lowest BCUT2D eigenvalue weighted by Gasteiger charge is -2.04. The van der Waals surface area contributed by atoms with Gasteiger partial charge in [0.25, 0.3) is 0 Å². The molecule has 0 aromatic carbocycles. The summed E-state index contributed by atoms with van der Waals surface area (Å²) in [5.74, 6) is 0. The molecule has 2 heteroatoms. The number of halogens is 1. The van der Waals surface area contributed by atoms with E-state index in [4.69, 9.17) is 11.6 Å². The van der Waals surface area contributed by atoms with Gasteiger partial charge in [0, 0.05) is 12.1 Å². The van der Waals surface area contributed by atoms with Crippen molar-refractivity contribution in [2.75, 3.05) is 13.1 Å². The van der Waals surface area contributed by atoms with E-state index in [0.29, 0.717) is 0 Å². The van der Waals surface area contributed by atoms with Crippen molar-refractivity contribution >= 4 is 11.6 Å². The molecule has 0 heterocycles. The van der Waals surface area contributed by atoms with Crippen LogP contribution in [0, 0.1) is 0 Å². The first-order valence-electron chi connectivity index (χ1n) is 6.77. The predicted octanol–water partition coefficient (Wildman–Crippen LogP) is 4.86. The van der Waals surface area contributed by atoms with Gasteiger partial charge >= 0.3 is 0 Å². The van der Waals surface area contributed by atoms with Gasteiger partial charge in [0.1, 0.15) is 0 Å². The molecule has 0 aromatic heterocycles. The van der Waals surface area contributed by atoms with Crippen LogP contribution in [0.3, 0.4) is 0 Å². The summed E-state index contributed by atoms with van der Waals surface area (Å²) in [4.78, 5) is 0. The maximum atomic E-state index is 5.57. The SMILES string of the molecule is CCCCCCCCCCNCC(C)=CCl. The van der Waals surface area contributed by atoms with Gasteiger partial charge in [0.05, 0.1) is 0 Å². The third-order valence-corrected chi connectivity index (χ3v) is 3.17. The van der Waals surface area contributed by atoms with Crippen molar-refractivity contribution in [2.45, 2.75) is 65.2 Å². The van der Waals surface area contributed by atoms with E-state index in [9.17, 15) is 0 Å². The Hall–Kier alpha value is -0.0100. The van der Waals surface area contributed by atoms with Crippen molar-refractivity contribution < 1.29 is 0 Å². The topological polar surface area (TPSA) is 12.0 Å². The molecule has 0 unspecified atom stereocenters. The molecular formula is C14H28ClN. The van der Waals surface area contributed by atoms with Crippen molar-refractivity contribution in [1.82, 2.24) is 5.32 Å². The minimum atomic E-state index is 0.931. The molecule has 96 valence electrons. The van der Waals surface area contributed by atoms with Crippen LogP contribution in [0.2, 0.25) is 0 Å². The number of hydrogen-bond acceptors (Lipinski definition) is 1. The maximum Gasteiger partial charge on any atom is 0.0173 e. The summed E-state index contributed by atoms with van der Waals surface area (Å²) in [6, 6.07) is 0. The molecule has 0 atom stereocenters. The molecule has 0 amide bonds. The van der Waals surface area contributed by atoms with Crippen molar-refractivity contribution in [3.63, 3.8) is 0 Å². The molecular weight excluding hydrogens is 218 g/mol. The first-order valence-corrected chi connectivity index (χ1v) is 7.21. The van der Waals surface area contributed by atoms with E-state index in [1.54, 1.807) is 5.54 Å². The third-order valence-electron chi connectivity index (χ3n) is 2.80. The van der Waals surface area contributed by atoms with E-state index >= 15 is 0 Å². The largest absolute Gasteiger partial charge is 0.313 e. The second kappa shape index (κ2) is 13.1. The quantitative estimate of drug-likeness (QED) is 0.513. The van der Waals surface area contributed by atoms with Crippen LogP contribution in [0.15, 0.2) is 11.1 Å². The molecule has 16 heavy (non-hydrogen) atoms. The smallest absolute Gasteiger partial charge is 0.0173 e. The third kappa shape index (κ3) is 12.1.